The van der Waals surface area contributed by atoms with Gasteiger partial charge in [0.25, 0.3) is 0 Å². The van der Waals surface area contributed by atoms with E-state index in [2.05, 4.69) is 0 Å². The second kappa shape index (κ2) is 2.70. The van der Waals surface area contributed by atoms with Crippen molar-refractivity contribution in [1.29, 1.82) is 0 Å². The van der Waals surface area contributed by atoms with Crippen molar-refractivity contribution < 1.29 is 9.18 Å². The zero-order valence-electron chi connectivity index (χ0n) is 6.64. The van der Waals surface area contributed by atoms with E-state index in [0.717, 1.165) is 30.4 Å². The highest BCUT2D eigenvalue weighted by Crippen LogP contribution is 2.25. The van der Waals surface area contributed by atoms with Gasteiger partial charge in [-0.05, 0) is 42.5 Å². The number of hydrogen-bond donors (Lipinski definition) is 0. The molecule has 1 aromatic carbocycles. The van der Waals surface area contributed by atoms with E-state index in [-0.39, 0.29) is 5.82 Å². The number of carbonyl (C=O) groups is 1. The van der Waals surface area contributed by atoms with Crippen LogP contribution in [0, 0.1) is 5.82 Å². The third kappa shape index (κ3) is 1.04. The SMILES string of the molecule is O=Cc1cc(F)c2c(c1)CCC2. The molecule has 0 N–H and O–H groups in total. The molecule has 0 amide bonds. The Kier molecular flexibility index (Phi) is 1.68. The van der Waals surface area contributed by atoms with Crippen molar-refractivity contribution in [2.75, 3.05) is 0 Å². The molecule has 1 nitrogen and oxygen atoms in total. The minimum absolute atomic E-state index is 0.216. The van der Waals surface area contributed by atoms with E-state index in [4.69, 9.17) is 0 Å². The maximum atomic E-state index is 13.2. The van der Waals surface area contributed by atoms with E-state index >= 15 is 0 Å². The molecule has 2 rings (SSSR count). The Morgan fingerprint density at radius 1 is 1.33 bits per heavy atom. The molecule has 0 fully saturated rings. The van der Waals surface area contributed by atoms with E-state index in [0.29, 0.717) is 11.8 Å². The number of hydrogen-bond acceptors (Lipinski definition) is 1. The van der Waals surface area contributed by atoms with Gasteiger partial charge >= 0.3 is 0 Å². The summed E-state index contributed by atoms with van der Waals surface area (Å²) in [5.74, 6) is -0.216. The van der Waals surface area contributed by atoms with Crippen LogP contribution in [0.3, 0.4) is 0 Å². The van der Waals surface area contributed by atoms with Gasteiger partial charge in [-0.1, -0.05) is 0 Å². The molecular weight excluding hydrogens is 155 g/mol. The van der Waals surface area contributed by atoms with Crippen molar-refractivity contribution in [3.8, 4) is 0 Å². The summed E-state index contributed by atoms with van der Waals surface area (Å²) in [5, 5.41) is 0. The molecule has 12 heavy (non-hydrogen) atoms. The number of benzene rings is 1. The molecule has 0 aromatic heterocycles. The van der Waals surface area contributed by atoms with Crippen LogP contribution in [-0.4, -0.2) is 6.29 Å². The number of fused-ring (bicyclic) bond motifs is 1. The third-order valence-corrected chi connectivity index (χ3v) is 2.32. The van der Waals surface area contributed by atoms with E-state index in [1.807, 2.05) is 0 Å². The largest absolute Gasteiger partial charge is 0.298 e. The fraction of sp³-hybridized carbons (Fsp3) is 0.300. The zero-order valence-corrected chi connectivity index (χ0v) is 6.64. The molecule has 0 spiro atoms. The summed E-state index contributed by atoms with van der Waals surface area (Å²) in [6.45, 7) is 0. The fourth-order valence-electron chi connectivity index (χ4n) is 1.74. The van der Waals surface area contributed by atoms with E-state index in [1.54, 1.807) is 6.07 Å². The van der Waals surface area contributed by atoms with Crippen LogP contribution in [0.2, 0.25) is 0 Å². The molecule has 0 saturated carbocycles. The smallest absolute Gasteiger partial charge is 0.150 e. The quantitative estimate of drug-likeness (QED) is 0.581. The first-order valence-electron chi connectivity index (χ1n) is 4.08. The van der Waals surface area contributed by atoms with Gasteiger partial charge in [-0.15, -0.1) is 0 Å². The Labute approximate surface area is 70.2 Å². The van der Waals surface area contributed by atoms with Crippen molar-refractivity contribution in [2.24, 2.45) is 0 Å². The van der Waals surface area contributed by atoms with Gasteiger partial charge < -0.3 is 0 Å². The lowest BCUT2D eigenvalue weighted by molar-refractivity contribution is 0.112. The maximum Gasteiger partial charge on any atom is 0.150 e. The van der Waals surface area contributed by atoms with Gasteiger partial charge in [-0.2, -0.15) is 0 Å². The summed E-state index contributed by atoms with van der Waals surface area (Å²) in [6.07, 6.45) is 3.44. The van der Waals surface area contributed by atoms with Crippen LogP contribution in [-0.2, 0) is 12.8 Å². The van der Waals surface area contributed by atoms with Crippen LogP contribution >= 0.6 is 0 Å². The zero-order chi connectivity index (χ0) is 8.55. The second-order valence-corrected chi connectivity index (χ2v) is 3.11. The number of halogens is 1. The minimum atomic E-state index is -0.216. The van der Waals surface area contributed by atoms with Gasteiger partial charge in [0.1, 0.15) is 12.1 Å². The second-order valence-electron chi connectivity index (χ2n) is 3.11. The Balaban J connectivity index is 2.58. The number of aldehydes is 1. The van der Waals surface area contributed by atoms with Crippen LogP contribution in [0.5, 0.6) is 0 Å². The highest BCUT2D eigenvalue weighted by molar-refractivity contribution is 5.75. The van der Waals surface area contributed by atoms with E-state index in [1.165, 1.54) is 6.07 Å². The van der Waals surface area contributed by atoms with Crippen LogP contribution in [0.1, 0.15) is 27.9 Å². The average Bonchev–Trinajstić information content (AvgIpc) is 2.52. The first-order valence-corrected chi connectivity index (χ1v) is 4.08. The molecule has 0 bridgehead atoms. The normalized spacial score (nSPS) is 14.4. The van der Waals surface area contributed by atoms with Crippen LogP contribution in [0.15, 0.2) is 12.1 Å². The Morgan fingerprint density at radius 2 is 2.17 bits per heavy atom. The summed E-state index contributed by atoms with van der Waals surface area (Å²) in [5.41, 5.74) is 2.27. The van der Waals surface area contributed by atoms with Crippen molar-refractivity contribution in [2.45, 2.75) is 19.3 Å². The maximum absolute atomic E-state index is 13.2. The van der Waals surface area contributed by atoms with Gasteiger partial charge in [0.15, 0.2) is 0 Å². The molecule has 0 radical (unpaired) electrons. The Hall–Kier alpha value is -1.18. The van der Waals surface area contributed by atoms with E-state index < -0.39 is 0 Å². The van der Waals surface area contributed by atoms with Crippen LogP contribution < -0.4 is 0 Å². The van der Waals surface area contributed by atoms with Gasteiger partial charge in [-0.25, -0.2) is 4.39 Å². The monoisotopic (exact) mass is 164 g/mol. The molecular formula is C10H9FO. The standard InChI is InChI=1S/C10H9FO/c11-10-5-7(6-12)4-8-2-1-3-9(8)10/h4-6H,1-3H2. The first-order chi connectivity index (χ1) is 5.81. The molecule has 0 aliphatic heterocycles. The summed E-state index contributed by atoms with van der Waals surface area (Å²) in [7, 11) is 0. The molecule has 0 atom stereocenters. The Bertz CT molecular complexity index is 331. The predicted octanol–water partition coefficient (Wildman–Crippen LogP) is 2.13. The van der Waals surface area contributed by atoms with Gasteiger partial charge in [0.2, 0.25) is 0 Å². The third-order valence-electron chi connectivity index (χ3n) is 2.32. The number of aryl methyl sites for hydroxylation is 1. The molecule has 2 heteroatoms. The van der Waals surface area contributed by atoms with Crippen LogP contribution in [0.4, 0.5) is 4.39 Å². The first kappa shape index (κ1) is 7.47. The van der Waals surface area contributed by atoms with E-state index in [9.17, 15) is 9.18 Å². The summed E-state index contributed by atoms with van der Waals surface area (Å²) in [4.78, 5) is 10.4. The van der Waals surface area contributed by atoms with Gasteiger partial charge in [0.05, 0.1) is 0 Å². The van der Waals surface area contributed by atoms with Crippen LogP contribution in [0.25, 0.3) is 0 Å². The predicted molar refractivity (Wildman–Crippen MR) is 43.8 cm³/mol. The summed E-state index contributed by atoms with van der Waals surface area (Å²) in [6, 6.07) is 3.11. The molecule has 0 saturated heterocycles. The van der Waals surface area contributed by atoms with Crippen molar-refractivity contribution in [3.05, 3.63) is 34.6 Å². The lowest BCUT2D eigenvalue weighted by atomic mass is 10.1. The molecule has 62 valence electrons. The number of rotatable bonds is 1. The van der Waals surface area contributed by atoms with Crippen molar-refractivity contribution in [1.82, 2.24) is 0 Å². The van der Waals surface area contributed by atoms with Crippen molar-refractivity contribution in [3.63, 3.8) is 0 Å². The molecule has 1 aliphatic carbocycles. The fourth-order valence-corrected chi connectivity index (χ4v) is 1.74. The Morgan fingerprint density at radius 3 is 2.92 bits per heavy atom. The molecule has 0 heterocycles. The summed E-state index contributed by atoms with van der Waals surface area (Å²) >= 11 is 0. The van der Waals surface area contributed by atoms with Crippen molar-refractivity contribution >= 4 is 6.29 Å². The molecule has 0 unspecified atom stereocenters. The molecule has 1 aliphatic rings. The molecule has 1 aromatic rings. The lowest BCUT2D eigenvalue weighted by Crippen LogP contribution is -1.91. The summed E-state index contributed by atoms with van der Waals surface area (Å²) < 4.78 is 13.2. The lowest BCUT2D eigenvalue weighted by Gasteiger charge is -2.00. The highest BCUT2D eigenvalue weighted by Gasteiger charge is 2.15. The van der Waals surface area contributed by atoms with Gasteiger partial charge in [0, 0.05) is 5.56 Å². The average molecular weight is 164 g/mol. The minimum Gasteiger partial charge on any atom is -0.298 e. The highest BCUT2D eigenvalue weighted by atomic mass is 19.1. The topological polar surface area (TPSA) is 17.1 Å². The number of carbonyl (C=O) groups excluding carboxylic acids is 1. The van der Waals surface area contributed by atoms with Gasteiger partial charge in [-0.3, -0.25) is 4.79 Å².